The molecule has 27 heavy (non-hydrogen) atoms. The molecule has 3 rings (SSSR count). The summed E-state index contributed by atoms with van der Waals surface area (Å²) in [5, 5.41) is 1.14. The summed E-state index contributed by atoms with van der Waals surface area (Å²) >= 11 is 14.0. The van der Waals surface area contributed by atoms with Crippen LogP contribution in [0, 0.1) is 6.92 Å². The first-order valence-electron chi connectivity index (χ1n) is 8.24. The average molecular weight is 421 g/mol. The summed E-state index contributed by atoms with van der Waals surface area (Å²) in [6.45, 7) is 6.20. The minimum absolute atomic E-state index is 0.203. The van der Waals surface area contributed by atoms with Gasteiger partial charge in [-0.2, -0.15) is 4.99 Å². The van der Waals surface area contributed by atoms with E-state index >= 15 is 0 Å². The molecule has 0 aliphatic rings. The zero-order valence-electron chi connectivity index (χ0n) is 15.0. The van der Waals surface area contributed by atoms with Crippen LogP contribution in [-0.2, 0) is 17.8 Å². The highest BCUT2D eigenvalue weighted by molar-refractivity contribution is 7.17. The van der Waals surface area contributed by atoms with E-state index in [1.807, 2.05) is 29.7 Å². The third-order valence-corrected chi connectivity index (χ3v) is 5.92. The Morgan fingerprint density at radius 1 is 1.30 bits per heavy atom. The Kier molecular flexibility index (Phi) is 6.05. The Labute approximate surface area is 171 Å². The van der Waals surface area contributed by atoms with Crippen LogP contribution < -0.4 is 9.54 Å². The number of benzene rings is 2. The average Bonchev–Trinajstić information content (AvgIpc) is 2.98. The summed E-state index contributed by atoms with van der Waals surface area (Å²) in [6.07, 6.45) is 1.94. The first-order chi connectivity index (χ1) is 12.9. The summed E-state index contributed by atoms with van der Waals surface area (Å²) in [5.41, 5.74) is 2.63. The number of thiazole rings is 1. The number of ether oxygens (including phenoxy) is 1. The van der Waals surface area contributed by atoms with Crippen molar-refractivity contribution in [3.05, 3.63) is 69.0 Å². The van der Waals surface area contributed by atoms with E-state index in [0.717, 1.165) is 27.1 Å². The van der Waals surface area contributed by atoms with Gasteiger partial charge in [-0.25, -0.2) is 0 Å². The number of hydrogen-bond acceptors (Lipinski definition) is 3. The molecule has 0 radical (unpaired) electrons. The molecule has 0 aliphatic carbocycles. The van der Waals surface area contributed by atoms with E-state index in [9.17, 15) is 4.79 Å². The molecule has 0 spiro atoms. The SMILES string of the molecule is C=CCn1c(=NC(=O)Cc2ccc(OC)c(C)c2)sc2c(Cl)ccc(Cl)c21. The summed E-state index contributed by atoms with van der Waals surface area (Å²) in [7, 11) is 1.62. The number of hydrogen-bond donors (Lipinski definition) is 0. The van der Waals surface area contributed by atoms with Gasteiger partial charge in [0, 0.05) is 6.54 Å². The van der Waals surface area contributed by atoms with Crippen LogP contribution in [0.15, 0.2) is 48.0 Å². The molecule has 1 aromatic heterocycles. The van der Waals surface area contributed by atoms with E-state index in [0.29, 0.717) is 21.4 Å². The lowest BCUT2D eigenvalue weighted by Gasteiger charge is -2.06. The maximum Gasteiger partial charge on any atom is 0.252 e. The second kappa shape index (κ2) is 8.30. The van der Waals surface area contributed by atoms with Gasteiger partial charge in [0.15, 0.2) is 4.80 Å². The van der Waals surface area contributed by atoms with Crippen molar-refractivity contribution in [1.82, 2.24) is 4.57 Å². The van der Waals surface area contributed by atoms with Crippen LogP contribution in [0.25, 0.3) is 10.2 Å². The van der Waals surface area contributed by atoms with Crippen LogP contribution in [0.5, 0.6) is 5.75 Å². The molecule has 2 aromatic carbocycles. The number of aromatic nitrogens is 1. The van der Waals surface area contributed by atoms with E-state index in [1.165, 1.54) is 11.3 Å². The van der Waals surface area contributed by atoms with Gasteiger partial charge >= 0.3 is 0 Å². The number of halogens is 2. The highest BCUT2D eigenvalue weighted by Gasteiger charge is 2.13. The number of carbonyl (C=O) groups excluding carboxylic acids is 1. The Balaban J connectivity index is 2.02. The van der Waals surface area contributed by atoms with Gasteiger partial charge in [-0.1, -0.05) is 52.7 Å². The number of rotatable bonds is 5. The number of allylic oxidation sites excluding steroid dienone is 1. The molecule has 4 nitrogen and oxygen atoms in total. The minimum Gasteiger partial charge on any atom is -0.496 e. The topological polar surface area (TPSA) is 43.6 Å². The van der Waals surface area contributed by atoms with Gasteiger partial charge < -0.3 is 9.30 Å². The molecule has 7 heteroatoms. The molecular weight excluding hydrogens is 403 g/mol. The zero-order chi connectivity index (χ0) is 19.6. The number of nitrogens with zero attached hydrogens (tertiary/aromatic N) is 2. The number of aryl methyl sites for hydroxylation is 1. The zero-order valence-corrected chi connectivity index (χ0v) is 17.3. The lowest BCUT2D eigenvalue weighted by Crippen LogP contribution is -2.17. The van der Waals surface area contributed by atoms with Gasteiger partial charge in [0.1, 0.15) is 5.75 Å². The van der Waals surface area contributed by atoms with Crippen molar-refractivity contribution in [2.24, 2.45) is 4.99 Å². The van der Waals surface area contributed by atoms with Crippen LogP contribution in [-0.4, -0.2) is 17.6 Å². The Morgan fingerprint density at radius 3 is 2.70 bits per heavy atom. The second-order valence-corrected chi connectivity index (χ2v) is 7.77. The van der Waals surface area contributed by atoms with E-state index in [4.69, 9.17) is 27.9 Å². The fourth-order valence-corrected chi connectivity index (χ4v) is 4.54. The summed E-state index contributed by atoms with van der Waals surface area (Å²) in [4.78, 5) is 17.4. The fourth-order valence-electron chi connectivity index (χ4n) is 2.87. The molecule has 0 unspecified atom stereocenters. The van der Waals surface area contributed by atoms with Crippen molar-refractivity contribution in [3.8, 4) is 5.75 Å². The quantitative estimate of drug-likeness (QED) is 0.533. The number of amides is 1. The molecule has 1 heterocycles. The molecule has 0 fully saturated rings. The largest absolute Gasteiger partial charge is 0.496 e. The Bertz CT molecular complexity index is 1100. The molecule has 1 amide bonds. The Hall–Kier alpha value is -2.08. The van der Waals surface area contributed by atoms with Crippen LogP contribution >= 0.6 is 34.5 Å². The molecule has 0 saturated heterocycles. The van der Waals surface area contributed by atoms with Crippen molar-refractivity contribution in [3.63, 3.8) is 0 Å². The summed E-state index contributed by atoms with van der Waals surface area (Å²) in [5.74, 6) is 0.553. The van der Waals surface area contributed by atoms with E-state index in [-0.39, 0.29) is 12.3 Å². The molecule has 0 bridgehead atoms. The number of methoxy groups -OCH3 is 1. The van der Waals surface area contributed by atoms with E-state index < -0.39 is 0 Å². The summed E-state index contributed by atoms with van der Waals surface area (Å²) < 4.78 is 7.92. The van der Waals surface area contributed by atoms with Gasteiger partial charge in [0.2, 0.25) is 0 Å². The van der Waals surface area contributed by atoms with E-state index in [2.05, 4.69) is 11.6 Å². The molecule has 0 N–H and O–H groups in total. The normalized spacial score (nSPS) is 11.8. The van der Waals surface area contributed by atoms with Crippen LogP contribution in [0.3, 0.4) is 0 Å². The molecule has 3 aromatic rings. The van der Waals surface area contributed by atoms with Gasteiger partial charge in [-0.3, -0.25) is 4.79 Å². The fraction of sp³-hybridized carbons (Fsp3) is 0.200. The predicted molar refractivity (Wildman–Crippen MR) is 112 cm³/mol. The smallest absolute Gasteiger partial charge is 0.252 e. The molecule has 0 saturated carbocycles. The summed E-state index contributed by atoms with van der Waals surface area (Å²) in [6, 6.07) is 9.14. The maximum atomic E-state index is 12.6. The van der Waals surface area contributed by atoms with Crippen LogP contribution in [0.4, 0.5) is 0 Å². The third-order valence-electron chi connectivity index (χ3n) is 4.07. The lowest BCUT2D eigenvalue weighted by atomic mass is 10.1. The molecule has 0 atom stereocenters. The van der Waals surface area contributed by atoms with Crippen molar-refractivity contribution < 1.29 is 9.53 Å². The standard InChI is InChI=1S/C20H18Cl2N2O2S/c1-4-9-24-18-14(21)6-7-15(22)19(18)27-20(24)23-17(25)11-13-5-8-16(26-3)12(2)10-13/h4-8,10H,1,9,11H2,2-3H3. The molecule has 140 valence electrons. The minimum atomic E-state index is -0.240. The van der Waals surface area contributed by atoms with E-state index in [1.54, 1.807) is 25.3 Å². The van der Waals surface area contributed by atoms with Crippen molar-refractivity contribution >= 4 is 50.7 Å². The van der Waals surface area contributed by atoms with Crippen LogP contribution in [0.2, 0.25) is 10.0 Å². The highest BCUT2D eigenvalue weighted by Crippen LogP contribution is 2.31. The Morgan fingerprint density at radius 2 is 2.04 bits per heavy atom. The van der Waals surface area contributed by atoms with Crippen LogP contribution in [0.1, 0.15) is 11.1 Å². The first kappa shape index (κ1) is 19.7. The number of carbonyl (C=O) groups is 1. The first-order valence-corrected chi connectivity index (χ1v) is 9.81. The molecular formula is C20H18Cl2N2O2S. The monoisotopic (exact) mass is 420 g/mol. The van der Waals surface area contributed by atoms with Crippen molar-refractivity contribution in [1.29, 1.82) is 0 Å². The van der Waals surface area contributed by atoms with Crippen molar-refractivity contribution in [2.75, 3.05) is 7.11 Å². The maximum absolute atomic E-state index is 12.6. The van der Waals surface area contributed by atoms with Gasteiger partial charge in [0.05, 0.1) is 33.8 Å². The third kappa shape index (κ3) is 4.10. The predicted octanol–water partition coefficient (Wildman–Crippen LogP) is 5.18. The van der Waals surface area contributed by atoms with Gasteiger partial charge in [-0.05, 0) is 36.2 Å². The van der Waals surface area contributed by atoms with Gasteiger partial charge in [0.25, 0.3) is 5.91 Å². The number of fused-ring (bicyclic) bond motifs is 1. The highest BCUT2D eigenvalue weighted by atomic mass is 35.5. The lowest BCUT2D eigenvalue weighted by molar-refractivity contribution is -0.117. The molecule has 0 aliphatic heterocycles. The van der Waals surface area contributed by atoms with Crippen molar-refractivity contribution in [2.45, 2.75) is 19.9 Å². The van der Waals surface area contributed by atoms with Gasteiger partial charge in [-0.15, -0.1) is 6.58 Å². The second-order valence-electron chi connectivity index (χ2n) is 5.98.